The van der Waals surface area contributed by atoms with E-state index in [4.69, 9.17) is 4.42 Å². The molecule has 0 spiro atoms. The molecule has 0 bridgehead atoms. The van der Waals surface area contributed by atoms with Gasteiger partial charge in [-0.3, -0.25) is 0 Å². The first-order valence-corrected chi connectivity index (χ1v) is 21.1. The molecular formula is C58H49NO. The van der Waals surface area contributed by atoms with Crippen molar-refractivity contribution in [3.8, 4) is 33.4 Å². The fourth-order valence-corrected chi connectivity index (χ4v) is 9.04. The quantitative estimate of drug-likeness (QED) is 0.167. The fraction of sp³-hybridized carbons (Fsp3) is 0.138. The Balaban J connectivity index is 1.27. The Morgan fingerprint density at radius 3 is 1.47 bits per heavy atom. The van der Waals surface area contributed by atoms with Crippen LogP contribution in [0.15, 0.2) is 192 Å². The lowest BCUT2D eigenvalue weighted by Gasteiger charge is -2.31. The molecule has 0 aliphatic rings. The van der Waals surface area contributed by atoms with Crippen molar-refractivity contribution in [1.29, 1.82) is 0 Å². The zero-order valence-electron chi connectivity index (χ0n) is 35.3. The summed E-state index contributed by atoms with van der Waals surface area (Å²) < 4.78 is 6.45. The smallest absolute Gasteiger partial charge is 0.136 e. The van der Waals surface area contributed by atoms with Gasteiger partial charge >= 0.3 is 0 Å². The molecule has 0 atom stereocenters. The molecule has 292 valence electrons. The molecule has 2 nitrogen and oxygen atoms in total. The molecule has 0 saturated carbocycles. The van der Waals surface area contributed by atoms with E-state index in [1.807, 2.05) is 6.07 Å². The molecule has 1 heterocycles. The Kier molecular flexibility index (Phi) is 8.99. The number of nitrogens with zero attached hydrogens (tertiary/aromatic N) is 1. The number of fused-ring (bicyclic) bond motifs is 5. The van der Waals surface area contributed by atoms with Gasteiger partial charge in [-0.1, -0.05) is 199 Å². The molecule has 0 aliphatic carbocycles. The van der Waals surface area contributed by atoms with Crippen molar-refractivity contribution >= 4 is 60.5 Å². The van der Waals surface area contributed by atoms with Gasteiger partial charge in [-0.15, -0.1) is 0 Å². The zero-order chi connectivity index (χ0) is 41.2. The number of hydrogen-bond donors (Lipinski definition) is 0. The van der Waals surface area contributed by atoms with Gasteiger partial charge in [-0.2, -0.15) is 0 Å². The summed E-state index contributed by atoms with van der Waals surface area (Å²) >= 11 is 0. The van der Waals surface area contributed by atoms with E-state index in [9.17, 15) is 0 Å². The van der Waals surface area contributed by atoms with Crippen molar-refractivity contribution < 1.29 is 4.42 Å². The predicted molar refractivity (Wildman–Crippen MR) is 257 cm³/mol. The van der Waals surface area contributed by atoms with Crippen LogP contribution in [0.5, 0.6) is 0 Å². The fourth-order valence-electron chi connectivity index (χ4n) is 9.04. The maximum Gasteiger partial charge on any atom is 0.136 e. The van der Waals surface area contributed by atoms with Crippen LogP contribution in [0.25, 0.3) is 76.9 Å². The van der Waals surface area contributed by atoms with Gasteiger partial charge in [0.15, 0.2) is 0 Å². The first-order valence-electron chi connectivity index (χ1n) is 21.1. The van der Waals surface area contributed by atoms with E-state index in [0.29, 0.717) is 0 Å². The molecule has 0 aliphatic heterocycles. The van der Waals surface area contributed by atoms with Gasteiger partial charge in [0.1, 0.15) is 11.2 Å². The largest absolute Gasteiger partial charge is 0.456 e. The van der Waals surface area contributed by atoms with Crippen LogP contribution in [-0.2, 0) is 10.8 Å². The van der Waals surface area contributed by atoms with Crippen LogP contribution in [0.4, 0.5) is 17.1 Å². The van der Waals surface area contributed by atoms with Gasteiger partial charge in [-0.25, -0.2) is 0 Å². The maximum atomic E-state index is 6.45. The lowest BCUT2D eigenvalue weighted by Crippen LogP contribution is -2.16. The van der Waals surface area contributed by atoms with E-state index in [-0.39, 0.29) is 10.8 Å². The first kappa shape index (κ1) is 37.4. The second-order valence-electron chi connectivity index (χ2n) is 18.2. The zero-order valence-corrected chi connectivity index (χ0v) is 35.3. The number of anilines is 3. The Morgan fingerprint density at radius 1 is 0.350 bits per heavy atom. The van der Waals surface area contributed by atoms with Gasteiger partial charge in [0.25, 0.3) is 0 Å². The second kappa shape index (κ2) is 14.4. The van der Waals surface area contributed by atoms with Crippen molar-refractivity contribution in [2.75, 3.05) is 4.90 Å². The van der Waals surface area contributed by atoms with Gasteiger partial charge in [-0.05, 0) is 90.7 Å². The highest BCUT2D eigenvalue weighted by Gasteiger charge is 2.26. The minimum absolute atomic E-state index is 0.00451. The molecule has 9 aromatic carbocycles. The average Bonchev–Trinajstić information content (AvgIpc) is 3.65. The van der Waals surface area contributed by atoms with E-state index >= 15 is 0 Å². The highest BCUT2D eigenvalue weighted by atomic mass is 16.3. The Hall–Kier alpha value is -6.90. The molecule has 1 aromatic heterocycles. The summed E-state index contributed by atoms with van der Waals surface area (Å²) in [5.41, 5.74) is 14.9. The minimum atomic E-state index is -0.00451. The molecule has 0 saturated heterocycles. The topological polar surface area (TPSA) is 16.4 Å². The van der Waals surface area contributed by atoms with Gasteiger partial charge in [0.2, 0.25) is 0 Å². The van der Waals surface area contributed by atoms with Gasteiger partial charge < -0.3 is 9.32 Å². The third-order valence-corrected chi connectivity index (χ3v) is 12.2. The van der Waals surface area contributed by atoms with Crippen LogP contribution in [0.3, 0.4) is 0 Å². The summed E-state index contributed by atoms with van der Waals surface area (Å²) in [4.78, 5) is 2.49. The number of para-hydroxylation sites is 3. The molecular weight excluding hydrogens is 727 g/mol. The third kappa shape index (κ3) is 6.44. The van der Waals surface area contributed by atoms with Crippen molar-refractivity contribution in [3.05, 3.63) is 199 Å². The summed E-state index contributed by atoms with van der Waals surface area (Å²) in [6.07, 6.45) is 0. The van der Waals surface area contributed by atoms with Crippen LogP contribution in [-0.4, -0.2) is 0 Å². The number of furan rings is 1. The lowest BCUT2D eigenvalue weighted by molar-refractivity contribution is 0.569. The van der Waals surface area contributed by atoms with Crippen molar-refractivity contribution in [1.82, 2.24) is 0 Å². The minimum Gasteiger partial charge on any atom is -0.456 e. The molecule has 0 unspecified atom stereocenters. The highest BCUT2D eigenvalue weighted by Crippen LogP contribution is 2.50. The SMILES string of the molecule is CC(C)(C)c1cc(-c2cccc3cccc(-c4ccccc4N(c4ccccc4-c4cccc5oc6ccccc6c45)c4cccc5ccccc45)c23)cc(C(C)(C)C)c1. The Bertz CT molecular complexity index is 3200. The van der Waals surface area contributed by atoms with Crippen LogP contribution in [0, 0.1) is 0 Å². The number of hydrogen-bond acceptors (Lipinski definition) is 2. The van der Waals surface area contributed by atoms with E-state index in [2.05, 4.69) is 228 Å². The van der Waals surface area contributed by atoms with Crippen LogP contribution < -0.4 is 4.90 Å². The third-order valence-electron chi connectivity index (χ3n) is 12.2. The molecule has 0 amide bonds. The molecule has 2 heteroatoms. The summed E-state index contributed by atoms with van der Waals surface area (Å²) in [6, 6.07) is 68.9. The van der Waals surface area contributed by atoms with E-state index in [1.165, 1.54) is 49.4 Å². The normalized spacial score (nSPS) is 12.2. The summed E-state index contributed by atoms with van der Waals surface area (Å²) in [5, 5.41) is 7.08. The summed E-state index contributed by atoms with van der Waals surface area (Å²) in [6.45, 7) is 13.9. The summed E-state index contributed by atoms with van der Waals surface area (Å²) in [5.74, 6) is 0. The number of rotatable bonds is 6. The van der Waals surface area contributed by atoms with E-state index < -0.39 is 0 Å². The second-order valence-corrected chi connectivity index (χ2v) is 18.2. The standard InChI is InChI=1S/C58H49NO/c1-57(2,3)41-35-40(36-42(37-41)58(4,5)6)44-27-15-21-39-22-16-28-47(55(39)44)45-24-9-12-30-51(45)59(50-32-17-20-38-19-7-8-23-43(38)50)52-31-13-10-25-46(52)48-29-18-34-54-56(48)49-26-11-14-33-53(49)60-54/h7-37H,1-6H3. The molecule has 10 rings (SSSR count). The highest BCUT2D eigenvalue weighted by molar-refractivity contribution is 6.15. The Labute approximate surface area is 353 Å². The maximum absolute atomic E-state index is 6.45. The van der Waals surface area contributed by atoms with Gasteiger partial charge in [0.05, 0.1) is 17.1 Å². The lowest BCUT2D eigenvalue weighted by atomic mass is 9.78. The molecule has 0 radical (unpaired) electrons. The van der Waals surface area contributed by atoms with E-state index in [0.717, 1.165) is 55.7 Å². The van der Waals surface area contributed by atoms with Crippen LogP contribution >= 0.6 is 0 Å². The van der Waals surface area contributed by atoms with E-state index in [1.54, 1.807) is 0 Å². The van der Waals surface area contributed by atoms with Crippen molar-refractivity contribution in [2.45, 2.75) is 52.4 Å². The average molecular weight is 776 g/mol. The summed E-state index contributed by atoms with van der Waals surface area (Å²) in [7, 11) is 0. The van der Waals surface area contributed by atoms with Crippen LogP contribution in [0.2, 0.25) is 0 Å². The monoisotopic (exact) mass is 775 g/mol. The molecule has 0 N–H and O–H groups in total. The predicted octanol–water partition coefficient (Wildman–Crippen LogP) is 17.0. The van der Waals surface area contributed by atoms with Crippen LogP contribution in [0.1, 0.15) is 52.7 Å². The van der Waals surface area contributed by atoms with Crippen molar-refractivity contribution in [2.24, 2.45) is 0 Å². The van der Waals surface area contributed by atoms with Crippen molar-refractivity contribution in [3.63, 3.8) is 0 Å². The Morgan fingerprint density at radius 2 is 0.800 bits per heavy atom. The molecule has 10 aromatic rings. The first-order chi connectivity index (χ1) is 29.0. The van der Waals surface area contributed by atoms with Gasteiger partial charge in [0, 0.05) is 27.3 Å². The molecule has 60 heavy (non-hydrogen) atoms. The number of benzene rings is 9. The molecule has 0 fully saturated rings.